The lowest BCUT2D eigenvalue weighted by Crippen LogP contribution is -2.49. The number of aromatic amines is 1. The Bertz CT molecular complexity index is 563. The van der Waals surface area contributed by atoms with Gasteiger partial charge < -0.3 is 16.0 Å². The fourth-order valence-corrected chi connectivity index (χ4v) is 2.10. The molecule has 2 aromatic rings. The van der Waals surface area contributed by atoms with Crippen LogP contribution in [0.4, 0.5) is 0 Å². The molecule has 1 heterocycles. The van der Waals surface area contributed by atoms with Crippen LogP contribution < -0.4 is 11.1 Å². The minimum absolute atomic E-state index is 0.202. The van der Waals surface area contributed by atoms with E-state index < -0.39 is 5.54 Å². The smallest absolute Gasteiger partial charge is 0.244 e. The van der Waals surface area contributed by atoms with Crippen LogP contribution in [0.25, 0.3) is 0 Å². The Kier molecular flexibility index (Phi) is 4.57. The van der Waals surface area contributed by atoms with Gasteiger partial charge in [0, 0.05) is 29.8 Å². The van der Waals surface area contributed by atoms with E-state index in [0.717, 1.165) is 15.9 Å². The Morgan fingerprint density at radius 3 is 2.75 bits per heavy atom. The number of rotatable bonds is 5. The van der Waals surface area contributed by atoms with E-state index in [9.17, 15) is 4.79 Å². The molecule has 0 saturated heterocycles. The zero-order chi connectivity index (χ0) is 14.6. The second-order valence-corrected chi connectivity index (χ2v) is 5.67. The lowest BCUT2D eigenvalue weighted by atomic mass is 9.92. The highest BCUT2D eigenvalue weighted by molar-refractivity contribution is 9.10. The van der Waals surface area contributed by atoms with Crippen LogP contribution in [0, 0.1) is 0 Å². The van der Waals surface area contributed by atoms with Crippen molar-refractivity contribution in [1.82, 2.24) is 15.3 Å². The number of carbonyl (C=O) groups is 1. The molecule has 1 amide bonds. The second kappa shape index (κ2) is 6.19. The largest absolute Gasteiger partial charge is 0.354 e. The highest BCUT2D eigenvalue weighted by Gasteiger charge is 2.30. The van der Waals surface area contributed by atoms with Crippen molar-refractivity contribution in [2.24, 2.45) is 5.73 Å². The number of halogens is 1. The van der Waals surface area contributed by atoms with Gasteiger partial charge in [-0.05, 0) is 24.6 Å². The highest BCUT2D eigenvalue weighted by Crippen LogP contribution is 2.20. The van der Waals surface area contributed by atoms with Crippen molar-refractivity contribution in [2.75, 3.05) is 6.54 Å². The topological polar surface area (TPSA) is 83.8 Å². The molecular weight excluding hydrogens is 320 g/mol. The third-order valence-corrected chi connectivity index (χ3v) is 3.65. The Morgan fingerprint density at radius 2 is 2.15 bits per heavy atom. The maximum absolute atomic E-state index is 12.2. The first-order chi connectivity index (χ1) is 9.50. The van der Waals surface area contributed by atoms with Crippen LogP contribution in [-0.2, 0) is 16.8 Å². The van der Waals surface area contributed by atoms with Crippen molar-refractivity contribution >= 4 is 21.8 Å². The number of aromatic nitrogens is 2. The standard InChI is InChI=1S/C14H17BrN4O/c1-14(16,10-2-4-11(15)5-3-10)13(20)19-7-6-12-17-8-9-18-12/h2-5,8-9H,6-7,16H2,1H3,(H,17,18)(H,19,20). The highest BCUT2D eigenvalue weighted by atomic mass is 79.9. The van der Waals surface area contributed by atoms with E-state index in [1.807, 2.05) is 24.3 Å². The molecule has 0 fully saturated rings. The average Bonchev–Trinajstić information content (AvgIpc) is 2.92. The van der Waals surface area contributed by atoms with Crippen LogP contribution >= 0.6 is 15.9 Å². The number of carbonyl (C=O) groups excluding carboxylic acids is 1. The van der Waals surface area contributed by atoms with E-state index in [4.69, 9.17) is 5.73 Å². The number of benzene rings is 1. The predicted octanol–water partition coefficient (Wildman–Crippen LogP) is 1.71. The van der Waals surface area contributed by atoms with Gasteiger partial charge in [0.1, 0.15) is 11.4 Å². The number of nitrogens with one attached hydrogen (secondary N) is 2. The van der Waals surface area contributed by atoms with Gasteiger partial charge in [-0.15, -0.1) is 0 Å². The van der Waals surface area contributed by atoms with Gasteiger partial charge in [0.2, 0.25) is 5.91 Å². The van der Waals surface area contributed by atoms with Crippen LogP contribution in [0.2, 0.25) is 0 Å². The summed E-state index contributed by atoms with van der Waals surface area (Å²) in [7, 11) is 0. The SMILES string of the molecule is CC(N)(C(=O)NCCc1ncc[nH]1)c1ccc(Br)cc1. The van der Waals surface area contributed by atoms with Gasteiger partial charge in [-0.25, -0.2) is 4.98 Å². The third-order valence-electron chi connectivity index (χ3n) is 3.12. The molecule has 1 atom stereocenters. The van der Waals surface area contributed by atoms with Gasteiger partial charge in [0.25, 0.3) is 0 Å². The molecule has 106 valence electrons. The van der Waals surface area contributed by atoms with Gasteiger partial charge in [-0.2, -0.15) is 0 Å². The lowest BCUT2D eigenvalue weighted by molar-refractivity contribution is -0.126. The van der Waals surface area contributed by atoms with Crippen LogP contribution in [0.5, 0.6) is 0 Å². The third kappa shape index (κ3) is 3.46. The van der Waals surface area contributed by atoms with Crippen molar-refractivity contribution in [1.29, 1.82) is 0 Å². The second-order valence-electron chi connectivity index (χ2n) is 4.75. The van der Waals surface area contributed by atoms with Gasteiger partial charge in [0.15, 0.2) is 0 Å². The first kappa shape index (κ1) is 14.7. The molecule has 1 aromatic heterocycles. The first-order valence-corrected chi connectivity index (χ1v) is 7.11. The van der Waals surface area contributed by atoms with Gasteiger partial charge in [-0.3, -0.25) is 4.79 Å². The number of nitrogens with two attached hydrogens (primary N) is 1. The molecule has 0 aliphatic rings. The number of nitrogens with zero attached hydrogens (tertiary/aromatic N) is 1. The van der Waals surface area contributed by atoms with Crippen molar-refractivity contribution in [3.05, 3.63) is 52.5 Å². The number of hydrogen-bond donors (Lipinski definition) is 3. The monoisotopic (exact) mass is 336 g/mol. The zero-order valence-electron chi connectivity index (χ0n) is 11.2. The number of imidazole rings is 1. The molecule has 1 aromatic carbocycles. The summed E-state index contributed by atoms with van der Waals surface area (Å²) in [5.41, 5.74) is 5.86. The summed E-state index contributed by atoms with van der Waals surface area (Å²) in [4.78, 5) is 19.3. The molecule has 0 aliphatic carbocycles. The molecule has 0 bridgehead atoms. The summed E-state index contributed by atoms with van der Waals surface area (Å²) in [6, 6.07) is 7.43. The summed E-state index contributed by atoms with van der Waals surface area (Å²) in [6.07, 6.45) is 4.09. The first-order valence-electron chi connectivity index (χ1n) is 6.31. The number of H-pyrrole nitrogens is 1. The molecule has 0 radical (unpaired) electrons. The fraction of sp³-hybridized carbons (Fsp3) is 0.286. The van der Waals surface area contributed by atoms with E-state index in [-0.39, 0.29) is 5.91 Å². The quantitative estimate of drug-likeness (QED) is 0.777. The van der Waals surface area contributed by atoms with Crippen molar-refractivity contribution in [3.8, 4) is 0 Å². The molecule has 0 saturated carbocycles. The molecule has 4 N–H and O–H groups in total. The molecule has 5 nitrogen and oxygen atoms in total. The maximum Gasteiger partial charge on any atom is 0.244 e. The molecule has 1 unspecified atom stereocenters. The fourth-order valence-electron chi connectivity index (χ4n) is 1.84. The summed E-state index contributed by atoms with van der Waals surface area (Å²) >= 11 is 3.36. The van der Waals surface area contributed by atoms with Gasteiger partial charge in [-0.1, -0.05) is 28.1 Å². The van der Waals surface area contributed by atoms with E-state index in [1.54, 1.807) is 19.3 Å². The molecular formula is C14H17BrN4O. The number of hydrogen-bond acceptors (Lipinski definition) is 3. The minimum Gasteiger partial charge on any atom is -0.354 e. The summed E-state index contributed by atoms with van der Waals surface area (Å²) in [6.45, 7) is 2.20. The lowest BCUT2D eigenvalue weighted by Gasteiger charge is -2.24. The van der Waals surface area contributed by atoms with Crippen LogP contribution in [0.15, 0.2) is 41.1 Å². The Hall–Kier alpha value is -1.66. The normalized spacial score (nSPS) is 13.8. The van der Waals surface area contributed by atoms with E-state index in [0.29, 0.717) is 13.0 Å². The van der Waals surface area contributed by atoms with E-state index >= 15 is 0 Å². The van der Waals surface area contributed by atoms with Gasteiger partial charge >= 0.3 is 0 Å². The van der Waals surface area contributed by atoms with Gasteiger partial charge in [0.05, 0.1) is 0 Å². The average molecular weight is 337 g/mol. The van der Waals surface area contributed by atoms with E-state index in [1.165, 1.54) is 0 Å². The molecule has 0 aliphatic heterocycles. The Balaban J connectivity index is 1.94. The Labute approximate surface area is 126 Å². The molecule has 20 heavy (non-hydrogen) atoms. The van der Waals surface area contributed by atoms with Crippen LogP contribution in [0.1, 0.15) is 18.3 Å². The van der Waals surface area contributed by atoms with Crippen molar-refractivity contribution in [2.45, 2.75) is 18.9 Å². The molecule has 0 spiro atoms. The maximum atomic E-state index is 12.2. The van der Waals surface area contributed by atoms with Crippen molar-refractivity contribution in [3.63, 3.8) is 0 Å². The van der Waals surface area contributed by atoms with Crippen LogP contribution in [-0.4, -0.2) is 22.4 Å². The van der Waals surface area contributed by atoms with Crippen LogP contribution in [0.3, 0.4) is 0 Å². The number of amides is 1. The summed E-state index contributed by atoms with van der Waals surface area (Å²) in [5, 5.41) is 2.84. The molecule has 6 heteroatoms. The summed E-state index contributed by atoms with van der Waals surface area (Å²) in [5.74, 6) is 0.638. The van der Waals surface area contributed by atoms with E-state index in [2.05, 4.69) is 31.2 Å². The predicted molar refractivity (Wildman–Crippen MR) is 81.0 cm³/mol. The zero-order valence-corrected chi connectivity index (χ0v) is 12.8. The summed E-state index contributed by atoms with van der Waals surface area (Å²) < 4.78 is 0.954. The molecule has 2 rings (SSSR count). The minimum atomic E-state index is -1.05. The Morgan fingerprint density at radius 1 is 1.45 bits per heavy atom. The van der Waals surface area contributed by atoms with Crippen molar-refractivity contribution < 1.29 is 4.79 Å².